The highest BCUT2D eigenvalue weighted by molar-refractivity contribution is 7.13. The highest BCUT2D eigenvalue weighted by Gasteiger charge is 2.14. The van der Waals surface area contributed by atoms with Gasteiger partial charge in [0, 0.05) is 17.5 Å². The fraction of sp³-hybridized carbons (Fsp3) is 0.0625. The molecule has 0 saturated heterocycles. The van der Waals surface area contributed by atoms with Gasteiger partial charge in [0.05, 0.1) is 11.3 Å². The molecule has 0 aliphatic heterocycles. The largest absolute Gasteiger partial charge is 0.326 e. The molecule has 0 spiro atoms. The van der Waals surface area contributed by atoms with Gasteiger partial charge in [0.25, 0.3) is 0 Å². The van der Waals surface area contributed by atoms with Gasteiger partial charge < -0.3 is 5.73 Å². The van der Waals surface area contributed by atoms with Gasteiger partial charge in [-0.3, -0.25) is 0 Å². The highest BCUT2D eigenvalue weighted by atomic mass is 32.1. The average Bonchev–Trinajstić information content (AvgIpc) is 2.97. The molecular weight excluding hydrogens is 290 g/mol. The van der Waals surface area contributed by atoms with Gasteiger partial charge in [0.2, 0.25) is 0 Å². The zero-order chi connectivity index (χ0) is 14.8. The van der Waals surface area contributed by atoms with Gasteiger partial charge in [-0.05, 0) is 17.7 Å². The molecule has 1 heterocycles. The van der Waals surface area contributed by atoms with Crippen LogP contribution in [-0.4, -0.2) is 4.98 Å². The summed E-state index contributed by atoms with van der Waals surface area (Å²) in [6, 6.07) is 11.4. The minimum Gasteiger partial charge on any atom is -0.326 e. The van der Waals surface area contributed by atoms with Crippen LogP contribution in [0.2, 0.25) is 0 Å². The molecular formula is C16H12F2N2S. The van der Waals surface area contributed by atoms with E-state index in [0.29, 0.717) is 12.2 Å². The molecule has 3 aromatic rings. The summed E-state index contributed by atoms with van der Waals surface area (Å²) in [5, 5.41) is 2.38. The van der Waals surface area contributed by atoms with Gasteiger partial charge in [0.1, 0.15) is 16.6 Å². The second-order valence-electron chi connectivity index (χ2n) is 4.54. The maximum absolute atomic E-state index is 13.8. The van der Waals surface area contributed by atoms with Crippen LogP contribution in [0.1, 0.15) is 5.56 Å². The molecule has 0 radical (unpaired) electrons. The van der Waals surface area contributed by atoms with Crippen LogP contribution in [0.3, 0.4) is 0 Å². The molecule has 0 bridgehead atoms. The van der Waals surface area contributed by atoms with Gasteiger partial charge in [0.15, 0.2) is 0 Å². The standard InChI is InChI=1S/C16H12F2N2S/c17-12-2-1-3-13(18)15(12)14-9-21-16(20-14)11-6-4-10(8-19)5-7-11/h1-7,9H,8,19H2. The molecule has 2 aromatic carbocycles. The van der Waals surface area contributed by atoms with Crippen LogP contribution in [0, 0.1) is 11.6 Å². The molecule has 0 amide bonds. The number of nitrogens with two attached hydrogens (primary N) is 1. The number of halogens is 2. The van der Waals surface area contributed by atoms with Gasteiger partial charge in [-0.25, -0.2) is 13.8 Å². The van der Waals surface area contributed by atoms with Crippen molar-refractivity contribution in [2.24, 2.45) is 5.73 Å². The third kappa shape index (κ3) is 2.70. The lowest BCUT2D eigenvalue weighted by Gasteiger charge is -2.01. The molecule has 1 aromatic heterocycles. The predicted molar refractivity (Wildman–Crippen MR) is 80.8 cm³/mol. The first kappa shape index (κ1) is 13.9. The van der Waals surface area contributed by atoms with Crippen molar-refractivity contribution in [2.45, 2.75) is 6.54 Å². The number of nitrogens with zero attached hydrogens (tertiary/aromatic N) is 1. The van der Waals surface area contributed by atoms with Crippen LogP contribution in [0.15, 0.2) is 47.8 Å². The number of hydrogen-bond donors (Lipinski definition) is 1. The quantitative estimate of drug-likeness (QED) is 0.787. The van der Waals surface area contributed by atoms with E-state index in [1.54, 1.807) is 5.38 Å². The van der Waals surface area contributed by atoms with E-state index in [9.17, 15) is 8.78 Å². The molecule has 5 heteroatoms. The Morgan fingerprint density at radius 1 is 1.00 bits per heavy atom. The fourth-order valence-electron chi connectivity index (χ4n) is 2.05. The molecule has 0 aliphatic carbocycles. The van der Waals surface area contributed by atoms with E-state index in [0.717, 1.165) is 16.1 Å². The summed E-state index contributed by atoms with van der Waals surface area (Å²) < 4.78 is 27.5. The number of aromatic nitrogens is 1. The van der Waals surface area contributed by atoms with Crippen molar-refractivity contribution in [3.63, 3.8) is 0 Å². The summed E-state index contributed by atoms with van der Waals surface area (Å²) in [6.45, 7) is 0.476. The Kier molecular flexibility index (Phi) is 3.77. The van der Waals surface area contributed by atoms with Crippen molar-refractivity contribution in [3.8, 4) is 21.8 Å². The summed E-state index contributed by atoms with van der Waals surface area (Å²) in [7, 11) is 0. The smallest absolute Gasteiger partial charge is 0.135 e. The molecule has 0 aliphatic rings. The minimum absolute atomic E-state index is 0.0846. The summed E-state index contributed by atoms with van der Waals surface area (Å²) in [4.78, 5) is 4.34. The lowest BCUT2D eigenvalue weighted by molar-refractivity contribution is 0.589. The number of benzene rings is 2. The zero-order valence-corrected chi connectivity index (χ0v) is 11.8. The normalized spacial score (nSPS) is 10.8. The Morgan fingerprint density at radius 3 is 2.29 bits per heavy atom. The summed E-state index contributed by atoms with van der Waals surface area (Å²) >= 11 is 1.35. The van der Waals surface area contributed by atoms with Crippen LogP contribution >= 0.6 is 11.3 Å². The minimum atomic E-state index is -0.606. The van der Waals surface area contributed by atoms with E-state index in [1.165, 1.54) is 29.5 Å². The van der Waals surface area contributed by atoms with E-state index in [2.05, 4.69) is 4.98 Å². The zero-order valence-electron chi connectivity index (χ0n) is 11.0. The first-order chi connectivity index (χ1) is 10.2. The van der Waals surface area contributed by atoms with Crippen molar-refractivity contribution < 1.29 is 8.78 Å². The maximum atomic E-state index is 13.8. The Balaban J connectivity index is 1.99. The monoisotopic (exact) mass is 302 g/mol. The van der Waals surface area contributed by atoms with E-state index in [1.807, 2.05) is 24.3 Å². The van der Waals surface area contributed by atoms with Gasteiger partial charge >= 0.3 is 0 Å². The SMILES string of the molecule is NCc1ccc(-c2nc(-c3c(F)cccc3F)cs2)cc1. The Labute approximate surface area is 124 Å². The third-order valence-electron chi connectivity index (χ3n) is 3.16. The molecule has 3 rings (SSSR count). The molecule has 0 fully saturated rings. The second-order valence-corrected chi connectivity index (χ2v) is 5.39. The maximum Gasteiger partial charge on any atom is 0.135 e. The van der Waals surface area contributed by atoms with E-state index in [-0.39, 0.29) is 5.56 Å². The summed E-state index contributed by atoms with van der Waals surface area (Å²) in [5.41, 5.74) is 7.71. The average molecular weight is 302 g/mol. The summed E-state index contributed by atoms with van der Waals surface area (Å²) in [5.74, 6) is -1.21. The van der Waals surface area contributed by atoms with E-state index in [4.69, 9.17) is 5.73 Å². The molecule has 0 unspecified atom stereocenters. The Morgan fingerprint density at radius 2 is 1.67 bits per heavy atom. The number of rotatable bonds is 3. The highest BCUT2D eigenvalue weighted by Crippen LogP contribution is 2.31. The van der Waals surface area contributed by atoms with Crippen molar-refractivity contribution in [3.05, 3.63) is 65.0 Å². The Bertz CT molecular complexity index is 746. The lowest BCUT2D eigenvalue weighted by atomic mass is 10.1. The van der Waals surface area contributed by atoms with Gasteiger partial charge in [-0.15, -0.1) is 11.3 Å². The second kappa shape index (κ2) is 5.71. The summed E-state index contributed by atoms with van der Waals surface area (Å²) in [6.07, 6.45) is 0. The van der Waals surface area contributed by atoms with Crippen LogP contribution in [0.5, 0.6) is 0 Å². The van der Waals surface area contributed by atoms with Crippen molar-refractivity contribution in [1.82, 2.24) is 4.98 Å². The van der Waals surface area contributed by atoms with Crippen molar-refractivity contribution >= 4 is 11.3 Å². The van der Waals surface area contributed by atoms with Gasteiger partial charge in [-0.1, -0.05) is 30.3 Å². The molecule has 2 nitrogen and oxygen atoms in total. The van der Waals surface area contributed by atoms with Crippen LogP contribution in [0.25, 0.3) is 21.8 Å². The van der Waals surface area contributed by atoms with Crippen LogP contribution < -0.4 is 5.73 Å². The number of thiazole rings is 1. The predicted octanol–water partition coefficient (Wildman–Crippen LogP) is 4.21. The van der Waals surface area contributed by atoms with E-state index >= 15 is 0 Å². The van der Waals surface area contributed by atoms with E-state index < -0.39 is 11.6 Å². The molecule has 0 saturated carbocycles. The third-order valence-corrected chi connectivity index (χ3v) is 4.05. The molecule has 106 valence electrons. The molecule has 2 N–H and O–H groups in total. The Hall–Kier alpha value is -2.11. The molecule has 21 heavy (non-hydrogen) atoms. The van der Waals surface area contributed by atoms with Crippen LogP contribution in [0.4, 0.5) is 8.78 Å². The molecule has 0 atom stereocenters. The van der Waals surface area contributed by atoms with Crippen molar-refractivity contribution in [1.29, 1.82) is 0 Å². The first-order valence-corrected chi connectivity index (χ1v) is 7.26. The first-order valence-electron chi connectivity index (χ1n) is 6.38. The van der Waals surface area contributed by atoms with Gasteiger partial charge in [-0.2, -0.15) is 0 Å². The fourth-order valence-corrected chi connectivity index (χ4v) is 2.86. The van der Waals surface area contributed by atoms with Crippen LogP contribution in [-0.2, 0) is 6.54 Å². The topological polar surface area (TPSA) is 38.9 Å². The lowest BCUT2D eigenvalue weighted by Crippen LogP contribution is -1.95. The number of hydrogen-bond acceptors (Lipinski definition) is 3. The van der Waals surface area contributed by atoms with Crippen molar-refractivity contribution in [2.75, 3.05) is 0 Å².